The van der Waals surface area contributed by atoms with Gasteiger partial charge in [-0.2, -0.15) is 0 Å². The van der Waals surface area contributed by atoms with Gasteiger partial charge in [-0.05, 0) is 30.4 Å². The Bertz CT molecular complexity index is 557. The third-order valence-electron chi connectivity index (χ3n) is 6.66. The summed E-state index contributed by atoms with van der Waals surface area (Å²) < 4.78 is 0. The lowest BCUT2D eigenvalue weighted by atomic mass is 10.0. The molecule has 33 heavy (non-hydrogen) atoms. The lowest BCUT2D eigenvalue weighted by Gasteiger charge is -2.06. The molecule has 0 aliphatic heterocycles. The van der Waals surface area contributed by atoms with E-state index in [-0.39, 0.29) is 5.91 Å². The predicted octanol–water partition coefficient (Wildman–Crippen LogP) is 9.85. The lowest BCUT2D eigenvalue weighted by molar-refractivity contribution is -0.121. The van der Waals surface area contributed by atoms with Crippen LogP contribution in [0.2, 0.25) is 0 Å². The molecule has 190 valence electrons. The van der Waals surface area contributed by atoms with Crippen LogP contribution in [0.1, 0.15) is 141 Å². The van der Waals surface area contributed by atoms with Crippen molar-refractivity contribution in [2.45, 2.75) is 147 Å². The van der Waals surface area contributed by atoms with Crippen LogP contribution in [-0.2, 0) is 11.3 Å². The number of benzene rings is 1. The largest absolute Gasteiger partial charge is 0.352 e. The molecule has 0 heterocycles. The minimum absolute atomic E-state index is 0.191. The molecule has 3 heteroatoms. The predicted molar refractivity (Wildman–Crippen MR) is 148 cm³/mol. The van der Waals surface area contributed by atoms with E-state index in [1.807, 2.05) is 0 Å². The van der Waals surface area contributed by atoms with Gasteiger partial charge in [-0.1, -0.05) is 135 Å². The van der Waals surface area contributed by atoms with Crippen LogP contribution in [-0.4, -0.2) is 12.2 Å². The van der Waals surface area contributed by atoms with E-state index < -0.39 is 0 Å². The standard InChI is InChI=1S/C30H53NOS/c1-3-4-5-6-7-8-9-10-11-12-13-14-15-16-17-18-19-20-21-22-30(32)31-27-28-23-25-29(33-2)26-24-28/h23-26H,3-22,27H2,1-2H3,(H,31,32). The van der Waals surface area contributed by atoms with Crippen LogP contribution < -0.4 is 5.32 Å². The molecule has 0 radical (unpaired) electrons. The first-order valence-corrected chi connectivity index (χ1v) is 15.4. The van der Waals surface area contributed by atoms with E-state index in [1.165, 1.54) is 126 Å². The van der Waals surface area contributed by atoms with E-state index in [4.69, 9.17) is 0 Å². The number of unbranched alkanes of at least 4 members (excludes halogenated alkanes) is 18. The summed E-state index contributed by atoms with van der Waals surface area (Å²) in [4.78, 5) is 13.3. The van der Waals surface area contributed by atoms with Crippen LogP contribution >= 0.6 is 11.8 Å². The fourth-order valence-electron chi connectivity index (χ4n) is 4.40. The normalized spacial score (nSPS) is 11.1. The molecule has 1 aromatic rings. The first-order valence-electron chi connectivity index (χ1n) is 14.2. The van der Waals surface area contributed by atoms with Crippen molar-refractivity contribution < 1.29 is 4.79 Å². The van der Waals surface area contributed by atoms with Crippen molar-refractivity contribution in [3.63, 3.8) is 0 Å². The van der Waals surface area contributed by atoms with Crippen molar-refractivity contribution in [3.05, 3.63) is 29.8 Å². The van der Waals surface area contributed by atoms with Gasteiger partial charge < -0.3 is 5.32 Å². The molecule has 0 unspecified atom stereocenters. The highest BCUT2D eigenvalue weighted by molar-refractivity contribution is 7.98. The Morgan fingerprint density at radius 2 is 1.03 bits per heavy atom. The molecule has 0 spiro atoms. The van der Waals surface area contributed by atoms with Gasteiger partial charge in [-0.25, -0.2) is 0 Å². The Hall–Kier alpha value is -0.960. The number of rotatable bonds is 23. The molecule has 2 nitrogen and oxygen atoms in total. The third kappa shape index (κ3) is 19.1. The summed E-state index contributed by atoms with van der Waals surface area (Å²) in [7, 11) is 0. The molecule has 0 aliphatic carbocycles. The monoisotopic (exact) mass is 475 g/mol. The average Bonchev–Trinajstić information content (AvgIpc) is 2.84. The van der Waals surface area contributed by atoms with Crippen molar-refractivity contribution in [2.24, 2.45) is 0 Å². The third-order valence-corrected chi connectivity index (χ3v) is 7.40. The fourth-order valence-corrected chi connectivity index (χ4v) is 4.80. The second kappa shape index (κ2) is 22.8. The first kappa shape index (κ1) is 30.1. The average molecular weight is 476 g/mol. The van der Waals surface area contributed by atoms with Crippen molar-refractivity contribution in [3.8, 4) is 0 Å². The summed E-state index contributed by atoms with van der Waals surface area (Å²) in [6.07, 6.45) is 29.0. The lowest BCUT2D eigenvalue weighted by Crippen LogP contribution is -2.22. The summed E-state index contributed by atoms with van der Waals surface area (Å²) in [5.74, 6) is 0.191. The maximum atomic E-state index is 12.0. The second-order valence-electron chi connectivity index (χ2n) is 9.74. The molecule has 0 fully saturated rings. The van der Waals surface area contributed by atoms with E-state index in [2.05, 4.69) is 42.8 Å². The Labute approximate surface area is 210 Å². The molecular formula is C30H53NOS. The maximum Gasteiger partial charge on any atom is 0.220 e. The van der Waals surface area contributed by atoms with E-state index in [1.54, 1.807) is 11.8 Å². The van der Waals surface area contributed by atoms with Crippen LogP contribution in [0.15, 0.2) is 29.2 Å². The van der Waals surface area contributed by atoms with E-state index in [0.717, 1.165) is 6.42 Å². The number of nitrogens with one attached hydrogen (secondary N) is 1. The highest BCUT2D eigenvalue weighted by Gasteiger charge is 2.02. The van der Waals surface area contributed by atoms with Gasteiger partial charge >= 0.3 is 0 Å². The summed E-state index contributed by atoms with van der Waals surface area (Å²) in [5, 5.41) is 3.05. The summed E-state index contributed by atoms with van der Waals surface area (Å²) in [6.45, 7) is 2.94. The van der Waals surface area contributed by atoms with Crippen molar-refractivity contribution in [1.29, 1.82) is 0 Å². The van der Waals surface area contributed by atoms with Crippen molar-refractivity contribution >= 4 is 17.7 Å². The number of hydrogen-bond acceptors (Lipinski definition) is 2. The van der Waals surface area contributed by atoms with Gasteiger partial charge in [0.05, 0.1) is 0 Å². The topological polar surface area (TPSA) is 29.1 Å². The molecule has 1 rings (SSSR count). The van der Waals surface area contributed by atoms with E-state index in [9.17, 15) is 4.79 Å². The zero-order chi connectivity index (χ0) is 23.8. The Kier molecular flexibility index (Phi) is 20.8. The Balaban J connectivity index is 1.76. The van der Waals surface area contributed by atoms with Gasteiger partial charge in [0, 0.05) is 17.9 Å². The number of carbonyl (C=O) groups excluding carboxylic acids is 1. The number of carbonyl (C=O) groups is 1. The molecule has 0 aromatic heterocycles. The van der Waals surface area contributed by atoms with Crippen LogP contribution in [0.3, 0.4) is 0 Å². The van der Waals surface area contributed by atoms with E-state index >= 15 is 0 Å². The zero-order valence-electron chi connectivity index (χ0n) is 22.0. The van der Waals surface area contributed by atoms with Crippen LogP contribution in [0, 0.1) is 0 Å². The SMILES string of the molecule is CCCCCCCCCCCCCCCCCCCCCC(=O)NCc1ccc(SC)cc1. The molecule has 1 amide bonds. The minimum Gasteiger partial charge on any atom is -0.352 e. The fraction of sp³-hybridized carbons (Fsp3) is 0.767. The maximum absolute atomic E-state index is 12.0. The quantitative estimate of drug-likeness (QED) is 0.126. The van der Waals surface area contributed by atoms with Crippen LogP contribution in [0.4, 0.5) is 0 Å². The molecule has 0 bridgehead atoms. The minimum atomic E-state index is 0.191. The molecule has 0 aliphatic rings. The highest BCUT2D eigenvalue weighted by atomic mass is 32.2. The number of thioether (sulfide) groups is 1. The zero-order valence-corrected chi connectivity index (χ0v) is 22.8. The molecule has 0 saturated heterocycles. The molecule has 0 saturated carbocycles. The molecular weight excluding hydrogens is 422 g/mol. The van der Waals surface area contributed by atoms with Gasteiger partial charge in [0.15, 0.2) is 0 Å². The number of hydrogen-bond donors (Lipinski definition) is 1. The van der Waals surface area contributed by atoms with Gasteiger partial charge in [-0.15, -0.1) is 11.8 Å². The molecule has 1 N–H and O–H groups in total. The summed E-state index contributed by atoms with van der Waals surface area (Å²) >= 11 is 1.74. The smallest absolute Gasteiger partial charge is 0.220 e. The van der Waals surface area contributed by atoms with Gasteiger partial charge in [0.25, 0.3) is 0 Å². The molecule has 1 aromatic carbocycles. The molecule has 0 atom stereocenters. The van der Waals surface area contributed by atoms with Crippen LogP contribution in [0.5, 0.6) is 0 Å². The summed E-state index contributed by atoms with van der Waals surface area (Å²) in [6, 6.07) is 8.43. The second-order valence-corrected chi connectivity index (χ2v) is 10.6. The van der Waals surface area contributed by atoms with Gasteiger partial charge in [0.1, 0.15) is 0 Å². The number of amides is 1. The van der Waals surface area contributed by atoms with Crippen molar-refractivity contribution in [2.75, 3.05) is 6.26 Å². The Morgan fingerprint density at radius 3 is 1.42 bits per heavy atom. The Morgan fingerprint density at radius 1 is 0.636 bits per heavy atom. The van der Waals surface area contributed by atoms with Crippen molar-refractivity contribution in [1.82, 2.24) is 5.32 Å². The van der Waals surface area contributed by atoms with Crippen LogP contribution in [0.25, 0.3) is 0 Å². The van der Waals surface area contributed by atoms with Gasteiger partial charge in [0.2, 0.25) is 5.91 Å². The van der Waals surface area contributed by atoms with E-state index in [0.29, 0.717) is 13.0 Å². The summed E-state index contributed by atoms with van der Waals surface area (Å²) in [5.41, 5.74) is 1.18. The highest BCUT2D eigenvalue weighted by Crippen LogP contribution is 2.16. The van der Waals surface area contributed by atoms with Gasteiger partial charge in [-0.3, -0.25) is 4.79 Å². The first-order chi connectivity index (χ1) is 16.3.